The number of carbonyl (C=O) groups excluding carboxylic acids is 1. The summed E-state index contributed by atoms with van der Waals surface area (Å²) in [4.78, 5) is 12.4. The first kappa shape index (κ1) is 19.5. The van der Waals surface area contributed by atoms with Gasteiger partial charge in [-0.05, 0) is 51.7 Å². The Labute approximate surface area is 155 Å². The van der Waals surface area contributed by atoms with Crippen molar-refractivity contribution in [1.82, 2.24) is 15.1 Å². The molecule has 25 heavy (non-hydrogen) atoms. The number of carbonyl (C=O) groups is 1. The van der Waals surface area contributed by atoms with Crippen molar-refractivity contribution in [2.24, 2.45) is 5.73 Å². The standard InChI is InChI=1S/C19H26N4O.ClH/c1-13-18(12-19(24)21-16-10-8-15(20)9-11-16)14(2)23(22-13)17-6-4-3-5-7-17;/h3-7,15-16H,8-12,20H2,1-2H3,(H,21,24);1H. The molecular weight excluding hydrogens is 336 g/mol. The maximum absolute atomic E-state index is 12.4. The van der Waals surface area contributed by atoms with Gasteiger partial charge in [0.25, 0.3) is 0 Å². The highest BCUT2D eigenvalue weighted by molar-refractivity contribution is 5.85. The number of benzene rings is 1. The first-order chi connectivity index (χ1) is 11.5. The number of aromatic nitrogens is 2. The lowest BCUT2D eigenvalue weighted by Gasteiger charge is -2.26. The van der Waals surface area contributed by atoms with E-state index in [4.69, 9.17) is 5.73 Å². The van der Waals surface area contributed by atoms with Crippen molar-refractivity contribution in [3.05, 3.63) is 47.3 Å². The number of nitrogens with zero attached hydrogens (tertiary/aromatic N) is 2. The van der Waals surface area contributed by atoms with Gasteiger partial charge in [0.1, 0.15) is 0 Å². The first-order valence-electron chi connectivity index (χ1n) is 8.70. The molecule has 0 spiro atoms. The normalized spacial score (nSPS) is 20.0. The number of hydrogen-bond acceptors (Lipinski definition) is 3. The number of aryl methyl sites for hydroxylation is 1. The predicted octanol–water partition coefficient (Wildman–Crippen LogP) is 2.84. The Balaban J connectivity index is 0.00000225. The van der Waals surface area contributed by atoms with E-state index in [1.165, 1.54) is 0 Å². The SMILES string of the molecule is Cc1nn(-c2ccccc2)c(C)c1CC(=O)NC1CCC(N)CC1.Cl. The maximum atomic E-state index is 12.4. The van der Waals surface area contributed by atoms with Crippen LogP contribution in [0.1, 0.15) is 42.6 Å². The van der Waals surface area contributed by atoms with Gasteiger partial charge in [0.2, 0.25) is 5.91 Å². The molecule has 136 valence electrons. The molecule has 3 N–H and O–H groups in total. The van der Waals surface area contributed by atoms with Gasteiger partial charge in [0, 0.05) is 23.3 Å². The zero-order valence-electron chi connectivity index (χ0n) is 14.9. The molecule has 0 saturated heterocycles. The van der Waals surface area contributed by atoms with Crippen LogP contribution in [0.2, 0.25) is 0 Å². The van der Waals surface area contributed by atoms with Gasteiger partial charge in [-0.2, -0.15) is 5.10 Å². The quantitative estimate of drug-likeness (QED) is 0.878. The number of para-hydroxylation sites is 1. The summed E-state index contributed by atoms with van der Waals surface area (Å²) >= 11 is 0. The summed E-state index contributed by atoms with van der Waals surface area (Å²) in [6.07, 6.45) is 4.33. The average Bonchev–Trinajstić information content (AvgIpc) is 2.86. The van der Waals surface area contributed by atoms with Crippen LogP contribution in [-0.2, 0) is 11.2 Å². The number of hydrogen-bond donors (Lipinski definition) is 2. The van der Waals surface area contributed by atoms with Gasteiger partial charge < -0.3 is 11.1 Å². The number of nitrogens with two attached hydrogens (primary N) is 1. The molecular formula is C19H27ClN4O. The molecule has 1 saturated carbocycles. The molecule has 0 aliphatic heterocycles. The number of rotatable bonds is 4. The van der Waals surface area contributed by atoms with Crippen LogP contribution in [0.4, 0.5) is 0 Å². The van der Waals surface area contributed by atoms with E-state index in [1.807, 2.05) is 48.9 Å². The van der Waals surface area contributed by atoms with Crippen molar-refractivity contribution >= 4 is 18.3 Å². The van der Waals surface area contributed by atoms with E-state index < -0.39 is 0 Å². The van der Waals surface area contributed by atoms with E-state index in [-0.39, 0.29) is 24.4 Å². The highest BCUT2D eigenvalue weighted by atomic mass is 35.5. The Morgan fingerprint density at radius 3 is 2.48 bits per heavy atom. The van der Waals surface area contributed by atoms with Gasteiger partial charge in [-0.15, -0.1) is 12.4 Å². The summed E-state index contributed by atoms with van der Waals surface area (Å²) in [5, 5.41) is 7.77. The molecule has 1 aliphatic rings. The summed E-state index contributed by atoms with van der Waals surface area (Å²) < 4.78 is 1.91. The second-order valence-electron chi connectivity index (χ2n) is 6.75. The third-order valence-corrected chi connectivity index (χ3v) is 4.92. The molecule has 1 aromatic heterocycles. The van der Waals surface area contributed by atoms with Gasteiger partial charge >= 0.3 is 0 Å². The van der Waals surface area contributed by atoms with Gasteiger partial charge in [-0.3, -0.25) is 4.79 Å². The Morgan fingerprint density at radius 2 is 1.84 bits per heavy atom. The zero-order valence-corrected chi connectivity index (χ0v) is 15.7. The second kappa shape index (κ2) is 8.50. The minimum absolute atomic E-state index is 0. The number of nitrogens with one attached hydrogen (secondary N) is 1. The van der Waals surface area contributed by atoms with E-state index >= 15 is 0 Å². The summed E-state index contributed by atoms with van der Waals surface area (Å²) in [5.41, 5.74) is 9.90. The Bertz CT molecular complexity index is 706. The molecule has 2 aromatic rings. The van der Waals surface area contributed by atoms with Gasteiger partial charge in [0.05, 0.1) is 17.8 Å². The highest BCUT2D eigenvalue weighted by Crippen LogP contribution is 2.20. The van der Waals surface area contributed by atoms with Crippen LogP contribution in [0.25, 0.3) is 5.69 Å². The van der Waals surface area contributed by atoms with Gasteiger partial charge in [0.15, 0.2) is 0 Å². The highest BCUT2D eigenvalue weighted by Gasteiger charge is 2.21. The monoisotopic (exact) mass is 362 g/mol. The van der Waals surface area contributed by atoms with Crippen molar-refractivity contribution in [3.8, 4) is 5.69 Å². The molecule has 1 amide bonds. The summed E-state index contributed by atoms with van der Waals surface area (Å²) in [5.74, 6) is 0.0780. The Morgan fingerprint density at radius 1 is 1.20 bits per heavy atom. The fraction of sp³-hybridized carbons (Fsp3) is 0.474. The van der Waals surface area contributed by atoms with E-state index in [0.29, 0.717) is 12.5 Å². The predicted molar refractivity (Wildman–Crippen MR) is 102 cm³/mol. The third kappa shape index (κ3) is 4.61. The minimum Gasteiger partial charge on any atom is -0.353 e. The molecule has 0 unspecified atom stereocenters. The maximum Gasteiger partial charge on any atom is 0.224 e. The summed E-state index contributed by atoms with van der Waals surface area (Å²) in [6.45, 7) is 3.99. The van der Waals surface area contributed by atoms with E-state index in [9.17, 15) is 4.79 Å². The lowest BCUT2D eigenvalue weighted by atomic mass is 9.91. The molecule has 1 aromatic carbocycles. The lowest BCUT2D eigenvalue weighted by molar-refractivity contribution is -0.121. The summed E-state index contributed by atoms with van der Waals surface area (Å²) in [7, 11) is 0. The van der Waals surface area contributed by atoms with Crippen molar-refractivity contribution in [1.29, 1.82) is 0 Å². The molecule has 1 fully saturated rings. The van der Waals surface area contributed by atoms with Crippen LogP contribution in [0.5, 0.6) is 0 Å². The fourth-order valence-electron chi connectivity index (χ4n) is 3.45. The third-order valence-electron chi connectivity index (χ3n) is 4.92. The van der Waals surface area contributed by atoms with Crippen LogP contribution < -0.4 is 11.1 Å². The summed E-state index contributed by atoms with van der Waals surface area (Å²) in [6, 6.07) is 10.6. The van der Waals surface area contributed by atoms with E-state index in [2.05, 4.69) is 10.4 Å². The van der Waals surface area contributed by atoms with Crippen molar-refractivity contribution < 1.29 is 4.79 Å². The largest absolute Gasteiger partial charge is 0.353 e. The van der Waals surface area contributed by atoms with Gasteiger partial charge in [-0.1, -0.05) is 18.2 Å². The molecule has 0 atom stereocenters. The molecule has 0 bridgehead atoms. The van der Waals surface area contributed by atoms with Crippen molar-refractivity contribution in [2.75, 3.05) is 0 Å². The van der Waals surface area contributed by atoms with Crippen LogP contribution in [0.15, 0.2) is 30.3 Å². The van der Waals surface area contributed by atoms with Crippen LogP contribution in [0.3, 0.4) is 0 Å². The van der Waals surface area contributed by atoms with Crippen LogP contribution >= 0.6 is 12.4 Å². The molecule has 6 heteroatoms. The average molecular weight is 363 g/mol. The molecule has 5 nitrogen and oxygen atoms in total. The molecule has 0 radical (unpaired) electrons. The zero-order chi connectivity index (χ0) is 17.1. The molecule has 1 heterocycles. The number of halogens is 1. The molecule has 1 aliphatic carbocycles. The number of amides is 1. The lowest BCUT2D eigenvalue weighted by Crippen LogP contribution is -2.41. The smallest absolute Gasteiger partial charge is 0.224 e. The Hall–Kier alpha value is -1.85. The van der Waals surface area contributed by atoms with Crippen LogP contribution in [-0.4, -0.2) is 27.8 Å². The minimum atomic E-state index is 0. The Kier molecular flexibility index (Phi) is 6.62. The second-order valence-corrected chi connectivity index (χ2v) is 6.75. The van der Waals surface area contributed by atoms with E-state index in [0.717, 1.165) is 48.3 Å². The fourth-order valence-corrected chi connectivity index (χ4v) is 3.45. The van der Waals surface area contributed by atoms with Gasteiger partial charge in [-0.25, -0.2) is 4.68 Å². The van der Waals surface area contributed by atoms with E-state index in [1.54, 1.807) is 0 Å². The van der Waals surface area contributed by atoms with Crippen molar-refractivity contribution in [3.63, 3.8) is 0 Å². The molecule has 3 rings (SSSR count). The topological polar surface area (TPSA) is 72.9 Å². The van der Waals surface area contributed by atoms with Crippen molar-refractivity contribution in [2.45, 2.75) is 58.0 Å². The van der Waals surface area contributed by atoms with Crippen LogP contribution in [0, 0.1) is 13.8 Å². The first-order valence-corrected chi connectivity index (χ1v) is 8.70.